The fourth-order valence-corrected chi connectivity index (χ4v) is 2.54. The molecule has 1 aromatic carbocycles. The molecule has 82 valence electrons. The van der Waals surface area contributed by atoms with Gasteiger partial charge in [-0.15, -0.1) is 0 Å². The summed E-state index contributed by atoms with van der Waals surface area (Å²) >= 11 is 12.0. The molecule has 0 saturated heterocycles. The molecule has 1 atom stereocenters. The minimum atomic E-state index is -0.790. The van der Waals surface area contributed by atoms with Crippen molar-refractivity contribution in [1.82, 2.24) is 0 Å². The van der Waals surface area contributed by atoms with Gasteiger partial charge in [-0.1, -0.05) is 30.1 Å². The lowest BCUT2D eigenvalue weighted by molar-refractivity contribution is 0.00901. The van der Waals surface area contributed by atoms with Gasteiger partial charge in [0.15, 0.2) is 0 Å². The van der Waals surface area contributed by atoms with E-state index in [2.05, 4.69) is 0 Å². The first kappa shape index (κ1) is 11.3. The van der Waals surface area contributed by atoms with E-state index in [1.54, 1.807) is 18.2 Å². The molecule has 1 aliphatic rings. The van der Waals surface area contributed by atoms with Gasteiger partial charge in [0, 0.05) is 15.6 Å². The van der Waals surface area contributed by atoms with E-state index in [1.165, 1.54) is 0 Å². The average molecular weight is 245 g/mol. The second-order valence-electron chi connectivity index (χ2n) is 4.18. The fraction of sp³-hybridized carbons (Fsp3) is 0.500. The lowest BCUT2D eigenvalue weighted by atomic mass is 9.86. The Morgan fingerprint density at radius 3 is 2.60 bits per heavy atom. The summed E-state index contributed by atoms with van der Waals surface area (Å²) in [4.78, 5) is 0. The van der Waals surface area contributed by atoms with Crippen LogP contribution < -0.4 is 0 Å². The van der Waals surface area contributed by atoms with Crippen LogP contribution in [-0.2, 0) is 5.60 Å². The third-order valence-corrected chi connectivity index (χ3v) is 3.75. The first-order valence-electron chi connectivity index (χ1n) is 5.26. The van der Waals surface area contributed by atoms with Crippen LogP contribution in [0.4, 0.5) is 0 Å². The summed E-state index contributed by atoms with van der Waals surface area (Å²) < 4.78 is 0. The minimum Gasteiger partial charge on any atom is -0.385 e. The fourth-order valence-electron chi connectivity index (χ4n) is 2.09. The van der Waals surface area contributed by atoms with E-state index < -0.39 is 5.60 Å². The maximum atomic E-state index is 10.6. The Kier molecular flexibility index (Phi) is 2.98. The normalized spacial score (nSPS) is 20.0. The summed E-state index contributed by atoms with van der Waals surface area (Å²) in [6.07, 6.45) is 2.83. The molecule has 1 unspecified atom stereocenters. The molecule has 2 rings (SSSR count). The molecule has 1 aromatic rings. The molecular formula is C12H14Cl2O. The van der Waals surface area contributed by atoms with Gasteiger partial charge in [-0.25, -0.2) is 0 Å². The second-order valence-corrected chi connectivity index (χ2v) is 5.02. The van der Waals surface area contributed by atoms with Gasteiger partial charge in [-0.3, -0.25) is 0 Å². The molecule has 1 saturated carbocycles. The number of hydrogen-bond donors (Lipinski definition) is 1. The van der Waals surface area contributed by atoms with Crippen molar-refractivity contribution in [2.24, 2.45) is 5.92 Å². The van der Waals surface area contributed by atoms with Crippen molar-refractivity contribution in [3.63, 3.8) is 0 Å². The highest BCUT2D eigenvalue weighted by molar-refractivity contribution is 6.33. The van der Waals surface area contributed by atoms with Crippen LogP contribution in [0.15, 0.2) is 18.2 Å². The van der Waals surface area contributed by atoms with Gasteiger partial charge >= 0.3 is 0 Å². The van der Waals surface area contributed by atoms with Gasteiger partial charge in [0.25, 0.3) is 0 Å². The Balaban J connectivity index is 2.45. The summed E-state index contributed by atoms with van der Waals surface area (Å²) in [5.74, 6) is 0.346. The quantitative estimate of drug-likeness (QED) is 0.853. The van der Waals surface area contributed by atoms with Crippen LogP contribution in [-0.4, -0.2) is 5.11 Å². The maximum Gasteiger partial charge on any atom is 0.0936 e. The van der Waals surface area contributed by atoms with Gasteiger partial charge in [0.05, 0.1) is 5.60 Å². The number of rotatable bonds is 3. The predicted octanol–water partition coefficient (Wildman–Crippen LogP) is 4.00. The lowest BCUT2D eigenvalue weighted by Crippen LogP contribution is -2.27. The summed E-state index contributed by atoms with van der Waals surface area (Å²) in [6, 6.07) is 5.28. The number of aliphatic hydroxyl groups is 1. The van der Waals surface area contributed by atoms with Crippen molar-refractivity contribution in [3.8, 4) is 0 Å². The monoisotopic (exact) mass is 244 g/mol. The SMILES string of the molecule is CCC(O)(c1cc(Cl)ccc1Cl)C1CC1. The summed E-state index contributed by atoms with van der Waals surface area (Å²) in [5.41, 5.74) is -0.0104. The van der Waals surface area contributed by atoms with Gasteiger partial charge in [-0.2, -0.15) is 0 Å². The molecule has 0 aromatic heterocycles. The second kappa shape index (κ2) is 3.97. The molecule has 0 radical (unpaired) electrons. The van der Waals surface area contributed by atoms with E-state index in [0.717, 1.165) is 18.4 Å². The Bertz CT molecular complexity index is 374. The van der Waals surface area contributed by atoms with Gasteiger partial charge in [0.1, 0.15) is 0 Å². The predicted molar refractivity (Wildman–Crippen MR) is 63.4 cm³/mol. The van der Waals surface area contributed by atoms with E-state index in [9.17, 15) is 5.11 Å². The standard InChI is InChI=1S/C12H14Cl2O/c1-2-12(15,8-3-4-8)10-7-9(13)5-6-11(10)14/h5-8,15H,2-4H2,1H3. The molecular weight excluding hydrogens is 231 g/mol. The van der Waals surface area contributed by atoms with Crippen molar-refractivity contribution in [3.05, 3.63) is 33.8 Å². The highest BCUT2D eigenvalue weighted by atomic mass is 35.5. The van der Waals surface area contributed by atoms with Crippen LogP contribution in [0.5, 0.6) is 0 Å². The molecule has 0 bridgehead atoms. The number of benzene rings is 1. The Hall–Kier alpha value is -0.240. The van der Waals surface area contributed by atoms with Crippen LogP contribution in [0.3, 0.4) is 0 Å². The maximum absolute atomic E-state index is 10.6. The highest BCUT2D eigenvalue weighted by Gasteiger charge is 2.44. The molecule has 1 N–H and O–H groups in total. The number of halogens is 2. The van der Waals surface area contributed by atoms with Crippen LogP contribution >= 0.6 is 23.2 Å². The highest BCUT2D eigenvalue weighted by Crippen LogP contribution is 2.49. The number of hydrogen-bond acceptors (Lipinski definition) is 1. The van der Waals surface area contributed by atoms with Crippen molar-refractivity contribution in [1.29, 1.82) is 0 Å². The molecule has 0 aliphatic heterocycles. The van der Waals surface area contributed by atoms with Crippen molar-refractivity contribution >= 4 is 23.2 Å². The lowest BCUT2D eigenvalue weighted by Gasteiger charge is -2.28. The van der Waals surface area contributed by atoms with E-state index in [-0.39, 0.29) is 0 Å². The first-order chi connectivity index (χ1) is 7.08. The van der Waals surface area contributed by atoms with Crippen molar-refractivity contribution in [2.75, 3.05) is 0 Å². The van der Waals surface area contributed by atoms with E-state index in [0.29, 0.717) is 22.4 Å². The molecule has 15 heavy (non-hydrogen) atoms. The van der Waals surface area contributed by atoms with E-state index >= 15 is 0 Å². The smallest absolute Gasteiger partial charge is 0.0936 e. The molecule has 3 heteroatoms. The molecule has 0 amide bonds. The Labute approximate surface area is 100 Å². The average Bonchev–Trinajstić information content (AvgIpc) is 3.04. The van der Waals surface area contributed by atoms with Crippen LogP contribution in [0, 0.1) is 5.92 Å². The zero-order chi connectivity index (χ0) is 11.1. The third-order valence-electron chi connectivity index (χ3n) is 3.19. The van der Waals surface area contributed by atoms with E-state index in [4.69, 9.17) is 23.2 Å². The summed E-state index contributed by atoms with van der Waals surface area (Å²) in [6.45, 7) is 1.98. The Morgan fingerprint density at radius 2 is 2.07 bits per heavy atom. The van der Waals surface area contributed by atoms with Crippen molar-refractivity contribution < 1.29 is 5.11 Å². The molecule has 1 nitrogen and oxygen atoms in total. The topological polar surface area (TPSA) is 20.2 Å². The summed E-state index contributed by atoms with van der Waals surface area (Å²) in [5, 5.41) is 11.8. The van der Waals surface area contributed by atoms with Crippen LogP contribution in [0.2, 0.25) is 10.0 Å². The van der Waals surface area contributed by atoms with Gasteiger partial charge < -0.3 is 5.11 Å². The van der Waals surface area contributed by atoms with Gasteiger partial charge in [0.2, 0.25) is 0 Å². The zero-order valence-electron chi connectivity index (χ0n) is 8.63. The molecule has 0 spiro atoms. The Morgan fingerprint density at radius 1 is 1.40 bits per heavy atom. The van der Waals surface area contributed by atoms with Crippen molar-refractivity contribution in [2.45, 2.75) is 31.8 Å². The van der Waals surface area contributed by atoms with Gasteiger partial charge in [-0.05, 0) is 43.4 Å². The summed E-state index contributed by atoms with van der Waals surface area (Å²) in [7, 11) is 0. The largest absolute Gasteiger partial charge is 0.385 e. The zero-order valence-corrected chi connectivity index (χ0v) is 10.1. The minimum absolute atomic E-state index is 0.346. The molecule has 1 fully saturated rings. The van der Waals surface area contributed by atoms with Crippen LogP contribution in [0.1, 0.15) is 31.7 Å². The first-order valence-corrected chi connectivity index (χ1v) is 6.01. The molecule has 1 aliphatic carbocycles. The van der Waals surface area contributed by atoms with Crippen LogP contribution in [0.25, 0.3) is 0 Å². The third kappa shape index (κ3) is 2.01. The molecule has 0 heterocycles. The van der Waals surface area contributed by atoms with E-state index in [1.807, 2.05) is 6.92 Å².